The second-order valence-electron chi connectivity index (χ2n) is 9.69. The van der Waals surface area contributed by atoms with Crippen LogP contribution >= 0.6 is 58.0 Å². The topological polar surface area (TPSA) is 66.9 Å². The fraction of sp³-hybridized carbons (Fsp3) is 0.448. The summed E-state index contributed by atoms with van der Waals surface area (Å²) in [5.74, 6) is 0.225. The average molecular weight is 634 g/mol. The highest BCUT2D eigenvalue weighted by Crippen LogP contribution is 2.34. The van der Waals surface area contributed by atoms with Crippen LogP contribution in [0.2, 0.25) is 25.1 Å². The summed E-state index contributed by atoms with van der Waals surface area (Å²) in [4.78, 5) is 25.7. The molecule has 0 aliphatic heterocycles. The molecule has 212 valence electrons. The molecule has 0 unspecified atom stereocenters. The summed E-state index contributed by atoms with van der Waals surface area (Å²) in [6.45, 7) is 2.24. The van der Waals surface area contributed by atoms with Crippen molar-refractivity contribution >= 4 is 75.3 Å². The Morgan fingerprint density at radius 3 is 1.95 bits per heavy atom. The van der Waals surface area contributed by atoms with E-state index < -0.39 is 5.56 Å². The zero-order valence-corrected chi connectivity index (χ0v) is 25.8. The molecular formula is C29H34Cl5N3O2. The van der Waals surface area contributed by atoms with Gasteiger partial charge in [0.05, 0.1) is 20.8 Å². The Hall–Kier alpha value is -1.63. The maximum atomic E-state index is 12.8. The van der Waals surface area contributed by atoms with Crippen LogP contribution in [0.4, 0.5) is 11.5 Å². The minimum absolute atomic E-state index is 0.0440. The van der Waals surface area contributed by atoms with Crippen LogP contribution in [-0.2, 0) is 0 Å². The number of anilines is 2. The first kappa shape index (κ1) is 31.9. The maximum absolute atomic E-state index is 12.8. The van der Waals surface area contributed by atoms with Gasteiger partial charge >= 0.3 is 0 Å². The number of H-pyrrole nitrogens is 1. The molecule has 1 aromatic heterocycles. The van der Waals surface area contributed by atoms with E-state index in [1.54, 1.807) is 18.2 Å². The number of benzene rings is 2. The Morgan fingerprint density at radius 1 is 0.795 bits per heavy atom. The number of ketones is 1. The van der Waals surface area contributed by atoms with E-state index in [-0.39, 0.29) is 32.4 Å². The predicted octanol–water partition coefficient (Wildman–Crippen LogP) is 11.1. The SMILES string of the molecule is CCCCCCCCCCCCCC(=O)c1ccc(Cl)c(Nc2[nH]n(-c3c(Cl)cc(Cl)cc3Cl)c(=O)c2Cl)c1. The van der Waals surface area contributed by atoms with Gasteiger partial charge in [-0.15, -0.1) is 0 Å². The molecule has 2 aromatic carbocycles. The number of aromatic amines is 1. The quantitative estimate of drug-likeness (QED) is 0.122. The lowest BCUT2D eigenvalue weighted by atomic mass is 10.0. The van der Waals surface area contributed by atoms with Crippen LogP contribution in [0.1, 0.15) is 94.3 Å². The number of nitrogens with zero attached hydrogens (tertiary/aromatic N) is 1. The normalized spacial score (nSPS) is 11.2. The number of carbonyl (C=O) groups excluding carboxylic acids is 1. The first-order chi connectivity index (χ1) is 18.7. The zero-order valence-electron chi connectivity index (χ0n) is 22.0. The third kappa shape index (κ3) is 9.19. The molecule has 0 saturated heterocycles. The van der Waals surface area contributed by atoms with Crippen molar-refractivity contribution in [2.45, 2.75) is 84.0 Å². The Labute approximate surface area is 255 Å². The van der Waals surface area contributed by atoms with Crippen LogP contribution in [0, 0.1) is 0 Å². The summed E-state index contributed by atoms with van der Waals surface area (Å²) in [7, 11) is 0. The molecule has 5 nitrogen and oxygen atoms in total. The minimum atomic E-state index is -0.565. The van der Waals surface area contributed by atoms with E-state index in [1.165, 1.54) is 63.5 Å². The summed E-state index contributed by atoms with van der Waals surface area (Å²) in [6, 6.07) is 7.96. The number of unbranched alkanes of at least 4 members (excludes halogenated alkanes) is 10. The first-order valence-electron chi connectivity index (χ1n) is 13.5. The highest BCUT2D eigenvalue weighted by molar-refractivity contribution is 6.40. The van der Waals surface area contributed by atoms with Crippen LogP contribution in [0.5, 0.6) is 0 Å². The van der Waals surface area contributed by atoms with Gasteiger partial charge in [0.15, 0.2) is 5.78 Å². The zero-order chi connectivity index (χ0) is 28.4. The Balaban J connectivity index is 1.57. The van der Waals surface area contributed by atoms with Gasteiger partial charge in [-0.1, -0.05) is 129 Å². The van der Waals surface area contributed by atoms with E-state index >= 15 is 0 Å². The summed E-state index contributed by atoms with van der Waals surface area (Å²) >= 11 is 31.2. The molecule has 0 bridgehead atoms. The second-order valence-corrected chi connectivity index (χ2v) is 11.7. The Kier molecular flexibility index (Phi) is 13.1. The van der Waals surface area contributed by atoms with Crippen molar-refractivity contribution in [3.8, 4) is 5.69 Å². The standard InChI is InChI=1S/C29H34Cl5N3O2/c1-2-3-4-5-6-7-8-9-10-11-12-13-25(38)19-14-15-21(31)24(16-19)35-28-26(34)29(39)37(36-28)27-22(32)17-20(30)18-23(27)33/h14-18,35-36H,2-13H2,1H3. The van der Waals surface area contributed by atoms with E-state index in [9.17, 15) is 9.59 Å². The third-order valence-corrected chi connectivity index (χ3v) is 8.07. The fourth-order valence-corrected chi connectivity index (χ4v) is 5.75. The summed E-state index contributed by atoms with van der Waals surface area (Å²) in [5, 5.41) is 6.83. The van der Waals surface area contributed by atoms with Gasteiger partial charge in [-0.3, -0.25) is 14.7 Å². The number of hydrogen-bond donors (Lipinski definition) is 2. The van der Waals surface area contributed by atoms with E-state index in [2.05, 4.69) is 17.3 Å². The number of aromatic nitrogens is 2. The highest BCUT2D eigenvalue weighted by Gasteiger charge is 2.19. The van der Waals surface area contributed by atoms with Gasteiger partial charge in [0, 0.05) is 17.0 Å². The largest absolute Gasteiger partial charge is 0.338 e. The number of hydrogen-bond acceptors (Lipinski definition) is 3. The highest BCUT2D eigenvalue weighted by atomic mass is 35.5. The van der Waals surface area contributed by atoms with Crippen molar-refractivity contribution < 1.29 is 4.79 Å². The monoisotopic (exact) mass is 631 g/mol. The minimum Gasteiger partial charge on any atom is -0.338 e. The molecular weight excluding hydrogens is 600 g/mol. The van der Waals surface area contributed by atoms with Crippen LogP contribution in [-0.4, -0.2) is 15.6 Å². The molecule has 0 radical (unpaired) electrons. The van der Waals surface area contributed by atoms with Gasteiger partial charge in [0.25, 0.3) is 5.56 Å². The molecule has 0 saturated carbocycles. The summed E-state index contributed by atoms with van der Waals surface area (Å²) in [5.41, 5.74) is 0.621. The summed E-state index contributed by atoms with van der Waals surface area (Å²) in [6.07, 6.45) is 14.0. The van der Waals surface area contributed by atoms with Gasteiger partial charge in [0.2, 0.25) is 0 Å². The second kappa shape index (κ2) is 16.0. The van der Waals surface area contributed by atoms with Gasteiger partial charge in [-0.2, -0.15) is 0 Å². The molecule has 0 atom stereocenters. The summed E-state index contributed by atoms with van der Waals surface area (Å²) < 4.78 is 1.13. The van der Waals surface area contributed by atoms with Crippen LogP contribution < -0.4 is 10.9 Å². The van der Waals surface area contributed by atoms with E-state index in [4.69, 9.17) is 58.0 Å². The van der Waals surface area contributed by atoms with Crippen LogP contribution in [0.15, 0.2) is 35.1 Å². The van der Waals surface area contributed by atoms with E-state index in [0.29, 0.717) is 27.7 Å². The number of rotatable bonds is 16. The van der Waals surface area contributed by atoms with E-state index in [0.717, 1.165) is 23.9 Å². The van der Waals surface area contributed by atoms with Crippen molar-refractivity contribution in [2.24, 2.45) is 0 Å². The molecule has 0 fully saturated rings. The number of Topliss-reactive ketones (excluding diaryl/α,β-unsaturated/α-hetero) is 1. The van der Waals surface area contributed by atoms with Crippen molar-refractivity contribution in [1.29, 1.82) is 0 Å². The molecule has 3 rings (SSSR count). The molecule has 0 aliphatic rings. The van der Waals surface area contributed by atoms with Crippen molar-refractivity contribution in [2.75, 3.05) is 5.32 Å². The van der Waals surface area contributed by atoms with Gasteiger partial charge in [0.1, 0.15) is 16.5 Å². The molecule has 2 N–H and O–H groups in total. The molecule has 3 aromatic rings. The number of nitrogens with one attached hydrogen (secondary N) is 2. The maximum Gasteiger partial charge on any atom is 0.292 e. The molecule has 1 heterocycles. The van der Waals surface area contributed by atoms with E-state index in [1.807, 2.05) is 0 Å². The molecule has 0 spiro atoms. The fourth-order valence-electron chi connectivity index (χ4n) is 4.43. The predicted molar refractivity (Wildman–Crippen MR) is 167 cm³/mol. The van der Waals surface area contributed by atoms with Crippen LogP contribution in [0.25, 0.3) is 5.69 Å². The lowest BCUT2D eigenvalue weighted by Crippen LogP contribution is -2.15. The molecule has 0 amide bonds. The van der Waals surface area contributed by atoms with Gasteiger partial charge in [-0.05, 0) is 36.8 Å². The van der Waals surface area contributed by atoms with Crippen molar-refractivity contribution in [3.05, 3.63) is 71.4 Å². The number of halogens is 5. The molecule has 10 heteroatoms. The van der Waals surface area contributed by atoms with Crippen LogP contribution in [0.3, 0.4) is 0 Å². The third-order valence-electron chi connectivity index (χ3n) is 6.59. The van der Waals surface area contributed by atoms with Crippen molar-refractivity contribution in [3.63, 3.8) is 0 Å². The lowest BCUT2D eigenvalue weighted by Gasteiger charge is -2.10. The van der Waals surface area contributed by atoms with Crippen molar-refractivity contribution in [1.82, 2.24) is 9.78 Å². The number of carbonyl (C=O) groups is 1. The van der Waals surface area contributed by atoms with Gasteiger partial charge < -0.3 is 5.32 Å². The lowest BCUT2D eigenvalue weighted by molar-refractivity contribution is 0.0979. The molecule has 0 aliphatic carbocycles. The molecule has 39 heavy (non-hydrogen) atoms. The first-order valence-corrected chi connectivity index (χ1v) is 15.4. The Bertz CT molecular complexity index is 1300. The van der Waals surface area contributed by atoms with Gasteiger partial charge in [-0.25, -0.2) is 4.68 Å². The Morgan fingerprint density at radius 2 is 1.36 bits per heavy atom. The average Bonchev–Trinajstić information content (AvgIpc) is 3.16. The smallest absolute Gasteiger partial charge is 0.292 e.